The van der Waals surface area contributed by atoms with Crippen LogP contribution in [0, 0.1) is 0 Å². The van der Waals surface area contributed by atoms with Crippen molar-refractivity contribution in [3.63, 3.8) is 0 Å². The Morgan fingerprint density at radius 3 is 2.94 bits per heavy atom. The van der Waals surface area contributed by atoms with E-state index in [1.165, 1.54) is 17.8 Å². The van der Waals surface area contributed by atoms with Gasteiger partial charge in [-0.15, -0.1) is 0 Å². The highest BCUT2D eigenvalue weighted by Crippen LogP contribution is 2.13. The summed E-state index contributed by atoms with van der Waals surface area (Å²) in [5.41, 5.74) is 0.645. The van der Waals surface area contributed by atoms with Crippen molar-refractivity contribution >= 4 is 17.7 Å². The topological polar surface area (TPSA) is 72.0 Å². The number of aromatic nitrogens is 2. The van der Waals surface area contributed by atoms with Crippen molar-refractivity contribution in [2.75, 3.05) is 12.4 Å². The fraction of sp³-hybridized carbons (Fsp3) is 0.583. The van der Waals surface area contributed by atoms with Gasteiger partial charge in [-0.1, -0.05) is 25.1 Å². The number of H-pyrrole nitrogens is 1. The zero-order valence-electron chi connectivity index (χ0n) is 10.7. The lowest BCUT2D eigenvalue weighted by atomic mass is 10.2. The molecule has 0 aliphatic rings. The molecule has 0 spiro atoms. The molecule has 100 valence electrons. The lowest BCUT2D eigenvalue weighted by Crippen LogP contribution is -2.10. The minimum Gasteiger partial charge on any atom is -0.466 e. The number of ether oxygens (including phenoxy) is 1. The van der Waals surface area contributed by atoms with Crippen molar-refractivity contribution in [2.24, 2.45) is 0 Å². The van der Waals surface area contributed by atoms with Gasteiger partial charge in [0.05, 0.1) is 13.0 Å². The molecule has 0 atom stereocenters. The fourth-order valence-corrected chi connectivity index (χ4v) is 2.22. The molecule has 1 N–H and O–H groups in total. The largest absolute Gasteiger partial charge is 0.466 e. The van der Waals surface area contributed by atoms with Gasteiger partial charge in [0, 0.05) is 17.5 Å². The maximum Gasteiger partial charge on any atom is 0.306 e. The molecule has 0 aliphatic heterocycles. The number of nitrogens with zero attached hydrogens (tertiary/aromatic N) is 1. The molecule has 0 unspecified atom stereocenters. The standard InChI is InChI=1S/C12H18N2O3S/c1-3-5-9-8-10(15)14-12(13-9)18-7-6-11(16)17-4-2/h8H,3-7H2,1-2H3,(H,13,14,15). The highest BCUT2D eigenvalue weighted by Gasteiger charge is 2.05. The molecule has 18 heavy (non-hydrogen) atoms. The van der Waals surface area contributed by atoms with Gasteiger partial charge in [-0.25, -0.2) is 4.98 Å². The molecule has 0 bridgehead atoms. The Kier molecular flexibility index (Phi) is 6.49. The Hall–Kier alpha value is -1.30. The van der Waals surface area contributed by atoms with Crippen molar-refractivity contribution < 1.29 is 9.53 Å². The summed E-state index contributed by atoms with van der Waals surface area (Å²) >= 11 is 1.36. The van der Waals surface area contributed by atoms with Crippen molar-refractivity contribution in [1.82, 2.24) is 9.97 Å². The summed E-state index contributed by atoms with van der Waals surface area (Å²) in [6.07, 6.45) is 2.05. The summed E-state index contributed by atoms with van der Waals surface area (Å²) < 4.78 is 4.82. The smallest absolute Gasteiger partial charge is 0.306 e. The van der Waals surface area contributed by atoms with Gasteiger partial charge in [-0.3, -0.25) is 9.59 Å². The highest BCUT2D eigenvalue weighted by molar-refractivity contribution is 7.99. The van der Waals surface area contributed by atoms with E-state index in [-0.39, 0.29) is 11.5 Å². The summed E-state index contributed by atoms with van der Waals surface area (Å²) in [5, 5.41) is 0.565. The summed E-state index contributed by atoms with van der Waals surface area (Å²) in [4.78, 5) is 29.5. The molecule has 0 amide bonds. The SMILES string of the molecule is CCCc1cc(=O)[nH]c(SCCC(=O)OCC)n1. The highest BCUT2D eigenvalue weighted by atomic mass is 32.2. The number of nitrogens with one attached hydrogen (secondary N) is 1. The van der Waals surface area contributed by atoms with E-state index < -0.39 is 0 Å². The second-order valence-electron chi connectivity index (χ2n) is 3.70. The van der Waals surface area contributed by atoms with Gasteiger partial charge in [-0.05, 0) is 13.3 Å². The van der Waals surface area contributed by atoms with E-state index in [2.05, 4.69) is 9.97 Å². The first-order chi connectivity index (χ1) is 8.65. The third-order valence-electron chi connectivity index (χ3n) is 2.13. The molecule has 0 aliphatic carbocycles. The third kappa shape index (κ3) is 5.35. The van der Waals surface area contributed by atoms with E-state index in [0.29, 0.717) is 23.9 Å². The van der Waals surface area contributed by atoms with Gasteiger partial charge in [0.2, 0.25) is 0 Å². The van der Waals surface area contributed by atoms with E-state index in [9.17, 15) is 9.59 Å². The number of aromatic amines is 1. The van der Waals surface area contributed by atoms with Crippen LogP contribution in [0.2, 0.25) is 0 Å². The lowest BCUT2D eigenvalue weighted by Gasteiger charge is -2.03. The third-order valence-corrected chi connectivity index (χ3v) is 3.00. The predicted molar refractivity (Wildman–Crippen MR) is 70.8 cm³/mol. The summed E-state index contributed by atoms with van der Waals surface area (Å²) in [7, 11) is 0. The number of carbonyl (C=O) groups excluding carboxylic acids is 1. The van der Waals surface area contributed by atoms with Gasteiger partial charge >= 0.3 is 5.97 Å². The first-order valence-corrected chi connectivity index (χ1v) is 7.03. The molecule has 0 saturated heterocycles. The van der Waals surface area contributed by atoms with Crippen LogP contribution < -0.4 is 5.56 Å². The van der Waals surface area contributed by atoms with Crippen LogP contribution in [-0.2, 0) is 16.0 Å². The second-order valence-corrected chi connectivity index (χ2v) is 4.78. The van der Waals surface area contributed by atoms with Gasteiger partial charge in [-0.2, -0.15) is 0 Å². The zero-order chi connectivity index (χ0) is 13.4. The molecule has 0 saturated carbocycles. The number of carbonyl (C=O) groups is 1. The Balaban J connectivity index is 2.51. The molecular formula is C12H18N2O3S. The van der Waals surface area contributed by atoms with E-state index in [4.69, 9.17) is 4.74 Å². The van der Waals surface area contributed by atoms with Crippen LogP contribution in [0.25, 0.3) is 0 Å². The van der Waals surface area contributed by atoms with Crippen LogP contribution in [0.1, 0.15) is 32.4 Å². The minimum atomic E-state index is -0.225. The zero-order valence-corrected chi connectivity index (χ0v) is 11.5. The van der Waals surface area contributed by atoms with Crippen LogP contribution in [0.5, 0.6) is 0 Å². The molecule has 1 heterocycles. The van der Waals surface area contributed by atoms with E-state index in [0.717, 1.165) is 18.5 Å². The molecule has 0 aromatic carbocycles. The van der Waals surface area contributed by atoms with E-state index in [1.807, 2.05) is 6.92 Å². The quantitative estimate of drug-likeness (QED) is 0.464. The number of esters is 1. The van der Waals surface area contributed by atoms with E-state index >= 15 is 0 Å². The Morgan fingerprint density at radius 1 is 1.50 bits per heavy atom. The molecule has 0 radical (unpaired) electrons. The predicted octanol–water partition coefficient (Wildman–Crippen LogP) is 1.77. The number of hydrogen-bond donors (Lipinski definition) is 1. The minimum absolute atomic E-state index is 0.146. The van der Waals surface area contributed by atoms with Gasteiger partial charge in [0.1, 0.15) is 0 Å². The number of thioether (sulfide) groups is 1. The molecule has 5 nitrogen and oxygen atoms in total. The van der Waals surface area contributed by atoms with Crippen molar-refractivity contribution in [2.45, 2.75) is 38.3 Å². The van der Waals surface area contributed by atoms with Crippen molar-refractivity contribution in [3.8, 4) is 0 Å². The number of hydrogen-bond acceptors (Lipinski definition) is 5. The van der Waals surface area contributed by atoms with Crippen molar-refractivity contribution in [3.05, 3.63) is 22.1 Å². The van der Waals surface area contributed by atoms with Crippen LogP contribution in [0.15, 0.2) is 16.0 Å². The number of aryl methyl sites for hydroxylation is 1. The normalized spacial score (nSPS) is 10.3. The second kappa shape index (κ2) is 7.92. The maximum atomic E-state index is 11.4. The van der Waals surface area contributed by atoms with Gasteiger partial charge in [0.25, 0.3) is 5.56 Å². The first kappa shape index (κ1) is 14.8. The van der Waals surface area contributed by atoms with Gasteiger partial charge in [0.15, 0.2) is 5.16 Å². The average Bonchev–Trinajstić information content (AvgIpc) is 2.29. The molecule has 1 rings (SSSR count). The molecular weight excluding hydrogens is 252 g/mol. The Bertz CT molecular complexity index is 445. The van der Waals surface area contributed by atoms with Crippen LogP contribution >= 0.6 is 11.8 Å². The first-order valence-electron chi connectivity index (χ1n) is 6.04. The van der Waals surface area contributed by atoms with Crippen molar-refractivity contribution in [1.29, 1.82) is 0 Å². The van der Waals surface area contributed by atoms with Crippen LogP contribution in [0.4, 0.5) is 0 Å². The monoisotopic (exact) mass is 270 g/mol. The molecule has 1 aromatic heterocycles. The summed E-state index contributed by atoms with van der Waals surface area (Å²) in [5.74, 6) is 0.328. The molecule has 6 heteroatoms. The molecule has 0 fully saturated rings. The Morgan fingerprint density at radius 2 is 2.28 bits per heavy atom. The number of rotatable bonds is 7. The van der Waals surface area contributed by atoms with E-state index in [1.54, 1.807) is 6.92 Å². The summed E-state index contributed by atoms with van der Waals surface area (Å²) in [6.45, 7) is 4.21. The molecule has 1 aromatic rings. The average molecular weight is 270 g/mol. The Labute approximate surface area is 110 Å². The fourth-order valence-electron chi connectivity index (χ4n) is 1.40. The maximum absolute atomic E-state index is 11.4. The summed E-state index contributed by atoms with van der Waals surface area (Å²) in [6, 6.07) is 1.51. The lowest BCUT2D eigenvalue weighted by molar-refractivity contribution is -0.142. The van der Waals surface area contributed by atoms with Crippen LogP contribution in [-0.4, -0.2) is 28.3 Å². The van der Waals surface area contributed by atoms with Gasteiger partial charge < -0.3 is 9.72 Å². The van der Waals surface area contributed by atoms with Crippen LogP contribution in [0.3, 0.4) is 0 Å².